The summed E-state index contributed by atoms with van der Waals surface area (Å²) in [6.07, 6.45) is -8.93. The van der Waals surface area contributed by atoms with Crippen LogP contribution in [0.5, 0.6) is 0 Å². The predicted octanol–water partition coefficient (Wildman–Crippen LogP) is -3.29. The number of ether oxygens (including phenoxy) is 2. The topological polar surface area (TPSA) is 137 Å². The third kappa shape index (κ3) is 3.12. The molecule has 1 unspecified atom stereocenters. The van der Waals surface area contributed by atoms with E-state index in [-0.39, 0.29) is 0 Å². The van der Waals surface area contributed by atoms with Crippen LogP contribution in [-0.4, -0.2) is 74.9 Å². The van der Waals surface area contributed by atoms with Gasteiger partial charge in [-0.3, -0.25) is 0 Å². The van der Waals surface area contributed by atoms with E-state index in [0.717, 1.165) is 6.92 Å². The largest absolute Gasteiger partial charge is 0.455 e. The van der Waals surface area contributed by atoms with Gasteiger partial charge in [-0.2, -0.15) is 0 Å². The molecule has 6 atom stereocenters. The highest BCUT2D eigenvalue weighted by Crippen LogP contribution is 2.22. The maximum atomic E-state index is 11.1. The van der Waals surface area contributed by atoms with Crippen molar-refractivity contribution in [2.75, 3.05) is 6.61 Å². The van der Waals surface area contributed by atoms with Crippen LogP contribution in [0.4, 0.5) is 0 Å². The molecule has 8 heteroatoms. The average molecular weight is 252 g/mol. The Morgan fingerprint density at radius 3 is 2.41 bits per heavy atom. The molecule has 0 radical (unpaired) electrons. The average Bonchev–Trinajstić information content (AvgIpc) is 2.28. The van der Waals surface area contributed by atoms with E-state index >= 15 is 0 Å². The molecule has 1 rings (SSSR count). The highest BCUT2D eigenvalue weighted by molar-refractivity contribution is 5.74. The Hall–Kier alpha value is -0.770. The number of hydrogen-bond acceptors (Lipinski definition) is 8. The molecule has 1 saturated heterocycles. The summed E-state index contributed by atoms with van der Waals surface area (Å²) in [6, 6.07) is 0. The summed E-state index contributed by atoms with van der Waals surface area (Å²) < 4.78 is 9.32. The number of carbonyl (C=O) groups is 1. The molecule has 8 nitrogen and oxygen atoms in total. The van der Waals surface area contributed by atoms with Crippen LogP contribution < -0.4 is 0 Å². The number of rotatable bonds is 3. The fourth-order valence-electron chi connectivity index (χ4n) is 1.44. The van der Waals surface area contributed by atoms with Gasteiger partial charge in [-0.15, -0.1) is 0 Å². The summed E-state index contributed by atoms with van der Waals surface area (Å²) in [7, 11) is 0. The van der Waals surface area contributed by atoms with E-state index < -0.39 is 49.4 Å². The minimum atomic E-state index is -1.69. The van der Waals surface area contributed by atoms with Gasteiger partial charge in [-0.1, -0.05) is 0 Å². The minimum Gasteiger partial charge on any atom is -0.455 e. The van der Waals surface area contributed by atoms with E-state index in [1.807, 2.05) is 0 Å². The molecule has 0 saturated carbocycles. The number of carbonyl (C=O) groups excluding carboxylic acids is 1. The van der Waals surface area contributed by atoms with E-state index in [9.17, 15) is 20.1 Å². The molecule has 0 bridgehead atoms. The number of esters is 1. The van der Waals surface area contributed by atoms with Gasteiger partial charge in [0.25, 0.3) is 0 Å². The molecule has 17 heavy (non-hydrogen) atoms. The lowest BCUT2D eigenvalue weighted by atomic mass is 9.99. The van der Waals surface area contributed by atoms with Crippen molar-refractivity contribution in [1.29, 1.82) is 0 Å². The third-order valence-electron chi connectivity index (χ3n) is 2.43. The lowest BCUT2D eigenvalue weighted by Crippen LogP contribution is -2.60. The van der Waals surface area contributed by atoms with Crippen molar-refractivity contribution in [1.82, 2.24) is 0 Å². The Balaban J connectivity index is 2.75. The Kier molecular flexibility index (Phi) is 4.80. The highest BCUT2D eigenvalue weighted by Gasteiger charge is 2.46. The molecule has 5 N–H and O–H groups in total. The first-order valence-electron chi connectivity index (χ1n) is 5.07. The highest BCUT2D eigenvalue weighted by atomic mass is 16.7. The van der Waals surface area contributed by atoms with Gasteiger partial charge in [0.2, 0.25) is 0 Å². The Morgan fingerprint density at radius 2 is 1.94 bits per heavy atom. The maximum Gasteiger partial charge on any atom is 0.335 e. The van der Waals surface area contributed by atoms with E-state index in [1.165, 1.54) is 0 Å². The van der Waals surface area contributed by atoms with E-state index in [4.69, 9.17) is 10.2 Å². The quantitative estimate of drug-likeness (QED) is 0.330. The van der Waals surface area contributed by atoms with Crippen LogP contribution >= 0.6 is 0 Å². The maximum absolute atomic E-state index is 11.1. The Labute approximate surface area is 97.0 Å². The van der Waals surface area contributed by atoms with Crippen LogP contribution in [0.1, 0.15) is 6.92 Å². The second kappa shape index (κ2) is 5.71. The van der Waals surface area contributed by atoms with Gasteiger partial charge in [0, 0.05) is 0 Å². The summed E-state index contributed by atoms with van der Waals surface area (Å²) in [4.78, 5) is 11.1. The second-order valence-electron chi connectivity index (χ2n) is 3.81. The monoisotopic (exact) mass is 252 g/mol. The standard InChI is InChI=1S/C9H16O8/c1-3(11)8(14)17-7-5(12)4(2-10)16-9(15)6(7)13/h3-7,9-13,15H,2H2,1H3/t3?,4-,5-,6-,7+,9+/m1/s1. The van der Waals surface area contributed by atoms with Crippen molar-refractivity contribution in [2.45, 2.75) is 43.7 Å². The molecule has 0 aromatic rings. The van der Waals surface area contributed by atoms with Crippen molar-refractivity contribution >= 4 is 5.97 Å². The van der Waals surface area contributed by atoms with Gasteiger partial charge in [0.05, 0.1) is 6.61 Å². The number of aliphatic hydroxyl groups excluding tert-OH is 5. The molecule has 1 aliphatic rings. The van der Waals surface area contributed by atoms with Crippen molar-refractivity contribution in [3.05, 3.63) is 0 Å². The van der Waals surface area contributed by atoms with Crippen LogP contribution in [0.3, 0.4) is 0 Å². The van der Waals surface area contributed by atoms with E-state index in [0.29, 0.717) is 0 Å². The number of hydrogen-bond donors (Lipinski definition) is 5. The summed E-state index contributed by atoms with van der Waals surface area (Å²) in [6.45, 7) is 0.536. The van der Waals surface area contributed by atoms with Gasteiger partial charge >= 0.3 is 5.97 Å². The SMILES string of the molecule is CC(O)C(=O)O[C@@H]1[C@@H](O)[C@@H](O)O[C@H](CO)[C@H]1O. The van der Waals surface area contributed by atoms with Crippen LogP contribution in [0.2, 0.25) is 0 Å². The van der Waals surface area contributed by atoms with Crippen LogP contribution in [0.15, 0.2) is 0 Å². The number of aliphatic hydroxyl groups is 5. The normalized spacial score (nSPS) is 39.8. The Bertz CT molecular complexity index is 268. The lowest BCUT2D eigenvalue weighted by molar-refractivity contribution is -0.290. The van der Waals surface area contributed by atoms with Gasteiger partial charge in [-0.05, 0) is 6.92 Å². The zero-order valence-electron chi connectivity index (χ0n) is 9.13. The summed E-state index contributed by atoms with van der Waals surface area (Å²) in [5, 5.41) is 46.2. The lowest BCUT2D eigenvalue weighted by Gasteiger charge is -2.39. The van der Waals surface area contributed by atoms with Crippen molar-refractivity contribution in [3.8, 4) is 0 Å². The van der Waals surface area contributed by atoms with Crippen molar-refractivity contribution in [2.24, 2.45) is 0 Å². The van der Waals surface area contributed by atoms with Crippen molar-refractivity contribution in [3.63, 3.8) is 0 Å². The molecule has 1 aliphatic heterocycles. The van der Waals surface area contributed by atoms with E-state index in [1.54, 1.807) is 0 Å². The fourth-order valence-corrected chi connectivity index (χ4v) is 1.44. The zero-order chi connectivity index (χ0) is 13.2. The van der Waals surface area contributed by atoms with Crippen molar-refractivity contribution < 1.29 is 39.8 Å². The molecular weight excluding hydrogens is 236 g/mol. The molecule has 1 fully saturated rings. The van der Waals surface area contributed by atoms with Gasteiger partial charge in [-0.25, -0.2) is 4.79 Å². The first kappa shape index (κ1) is 14.3. The smallest absolute Gasteiger partial charge is 0.335 e. The Morgan fingerprint density at radius 1 is 1.35 bits per heavy atom. The molecule has 0 aromatic heterocycles. The third-order valence-corrected chi connectivity index (χ3v) is 2.43. The fraction of sp³-hybridized carbons (Fsp3) is 0.889. The molecule has 0 spiro atoms. The summed E-state index contributed by atoms with van der Waals surface area (Å²) in [5.74, 6) is -1.06. The molecule has 0 amide bonds. The summed E-state index contributed by atoms with van der Waals surface area (Å²) in [5.41, 5.74) is 0. The van der Waals surface area contributed by atoms with Crippen LogP contribution in [0, 0.1) is 0 Å². The molecule has 100 valence electrons. The van der Waals surface area contributed by atoms with Gasteiger partial charge in [0.1, 0.15) is 24.4 Å². The first-order chi connectivity index (χ1) is 7.88. The minimum absolute atomic E-state index is 0.617. The predicted molar refractivity (Wildman–Crippen MR) is 51.5 cm³/mol. The molecule has 0 aromatic carbocycles. The molecule has 0 aliphatic carbocycles. The van der Waals surface area contributed by atoms with E-state index in [2.05, 4.69) is 9.47 Å². The second-order valence-corrected chi connectivity index (χ2v) is 3.81. The van der Waals surface area contributed by atoms with Gasteiger partial charge in [0.15, 0.2) is 12.4 Å². The zero-order valence-corrected chi connectivity index (χ0v) is 9.13. The van der Waals surface area contributed by atoms with Gasteiger partial charge < -0.3 is 35.0 Å². The molecule has 1 heterocycles. The first-order valence-corrected chi connectivity index (χ1v) is 5.07. The summed E-state index contributed by atoms with van der Waals surface area (Å²) >= 11 is 0. The van der Waals surface area contributed by atoms with Crippen LogP contribution in [-0.2, 0) is 14.3 Å². The van der Waals surface area contributed by atoms with Crippen LogP contribution in [0.25, 0.3) is 0 Å². The molecular formula is C9H16O8.